The van der Waals surface area contributed by atoms with Gasteiger partial charge in [-0.05, 0) is 11.8 Å². The summed E-state index contributed by atoms with van der Waals surface area (Å²) >= 11 is 5.95. The maximum absolute atomic E-state index is 11.0. The summed E-state index contributed by atoms with van der Waals surface area (Å²) < 4.78 is 5.33. The van der Waals surface area contributed by atoms with Crippen LogP contribution in [-0.2, 0) is 9.53 Å². The van der Waals surface area contributed by atoms with E-state index in [-0.39, 0.29) is 11.8 Å². The zero-order valence-corrected chi connectivity index (χ0v) is 9.76. The number of hydrogen-bond donors (Lipinski definition) is 1. The van der Waals surface area contributed by atoms with Crippen LogP contribution in [0.25, 0.3) is 0 Å². The van der Waals surface area contributed by atoms with E-state index < -0.39 is 16.6 Å². The topological polar surface area (TPSA) is 49.8 Å². The molecule has 4 heteroatoms. The van der Waals surface area contributed by atoms with Crippen molar-refractivity contribution in [1.29, 1.82) is 0 Å². The molecule has 0 bridgehead atoms. The van der Waals surface area contributed by atoms with Gasteiger partial charge in [0.1, 0.15) is 5.60 Å². The lowest BCUT2D eigenvalue weighted by molar-refractivity contribution is -0.140. The summed E-state index contributed by atoms with van der Waals surface area (Å²) in [6.45, 7) is 7.88. The Morgan fingerprint density at radius 1 is 1.50 bits per heavy atom. The summed E-state index contributed by atoms with van der Waals surface area (Å²) in [7, 11) is 0. The predicted octanol–water partition coefficient (Wildman–Crippen LogP) is 2.48. The van der Waals surface area contributed by atoms with Crippen LogP contribution in [-0.4, -0.2) is 21.7 Å². The number of halogens is 1. The Labute approximate surface area is 89.4 Å². The van der Waals surface area contributed by atoms with E-state index in [1.54, 1.807) is 0 Å². The lowest BCUT2D eigenvalue weighted by Crippen LogP contribution is -2.38. The van der Waals surface area contributed by atoms with E-state index in [1.165, 1.54) is 0 Å². The highest BCUT2D eigenvalue weighted by molar-refractivity contribution is 6.35. The molecule has 0 aliphatic carbocycles. The Morgan fingerprint density at radius 2 is 2.00 bits per heavy atom. The molecule has 1 saturated heterocycles. The predicted molar refractivity (Wildman–Crippen MR) is 54.3 cm³/mol. The van der Waals surface area contributed by atoms with Crippen LogP contribution in [0, 0.1) is 11.8 Å². The van der Waals surface area contributed by atoms with Gasteiger partial charge in [0.05, 0.1) is 0 Å². The molecular weight excluding hydrogens is 204 g/mol. The molecular formula is C10H17ClO3. The molecule has 1 rings (SSSR count). The average molecular weight is 221 g/mol. The molecule has 1 aliphatic rings. The molecule has 1 fully saturated rings. The minimum Gasteiger partial charge on any atom is -0.478 e. The van der Waals surface area contributed by atoms with E-state index in [1.807, 2.05) is 27.7 Å². The molecule has 3 unspecified atom stereocenters. The smallest absolute Gasteiger partial charge is 0.355 e. The maximum atomic E-state index is 11.0. The van der Waals surface area contributed by atoms with Gasteiger partial charge in [0, 0.05) is 0 Å². The second kappa shape index (κ2) is 3.38. The third kappa shape index (κ3) is 1.26. The van der Waals surface area contributed by atoms with E-state index in [0.29, 0.717) is 0 Å². The molecule has 1 N–H and O–H groups in total. The van der Waals surface area contributed by atoms with Crippen molar-refractivity contribution in [2.24, 2.45) is 11.8 Å². The highest BCUT2D eigenvalue weighted by Crippen LogP contribution is 2.60. The number of rotatable bonds is 4. The third-order valence-electron chi connectivity index (χ3n) is 3.25. The number of carboxylic acid groups (broad SMARTS) is 1. The molecule has 1 aliphatic heterocycles. The van der Waals surface area contributed by atoms with Gasteiger partial charge in [-0.2, -0.15) is 0 Å². The minimum atomic E-state index is -1.50. The molecule has 3 atom stereocenters. The van der Waals surface area contributed by atoms with Gasteiger partial charge in [0.25, 0.3) is 5.06 Å². The standard InChI is InChI=1S/C10H17ClO3/c1-5-7(4)9(6(2)3)10(11,14-9)8(12)13/h6-7H,5H2,1-4H3,(H,12,13). The van der Waals surface area contributed by atoms with Crippen LogP contribution in [0.15, 0.2) is 0 Å². The van der Waals surface area contributed by atoms with Crippen LogP contribution in [0.3, 0.4) is 0 Å². The molecule has 0 aromatic heterocycles. The van der Waals surface area contributed by atoms with Gasteiger partial charge in [-0.3, -0.25) is 0 Å². The molecule has 3 nitrogen and oxygen atoms in total. The van der Waals surface area contributed by atoms with Crippen LogP contribution in [0.1, 0.15) is 34.1 Å². The van der Waals surface area contributed by atoms with Crippen molar-refractivity contribution in [3.05, 3.63) is 0 Å². The number of ether oxygens (including phenoxy) is 1. The van der Waals surface area contributed by atoms with Crippen molar-refractivity contribution in [1.82, 2.24) is 0 Å². The monoisotopic (exact) mass is 220 g/mol. The van der Waals surface area contributed by atoms with Crippen LogP contribution in [0.5, 0.6) is 0 Å². The van der Waals surface area contributed by atoms with E-state index in [2.05, 4.69) is 0 Å². The number of alkyl halides is 1. The summed E-state index contributed by atoms with van der Waals surface area (Å²) in [5.74, 6) is -0.824. The van der Waals surface area contributed by atoms with Crippen LogP contribution >= 0.6 is 11.6 Å². The van der Waals surface area contributed by atoms with Crippen LogP contribution in [0.4, 0.5) is 0 Å². The Morgan fingerprint density at radius 3 is 2.21 bits per heavy atom. The Bertz CT molecular complexity index is 254. The van der Waals surface area contributed by atoms with Gasteiger partial charge in [-0.25, -0.2) is 4.79 Å². The fraction of sp³-hybridized carbons (Fsp3) is 0.900. The molecule has 0 spiro atoms. The van der Waals surface area contributed by atoms with Crippen molar-refractivity contribution in [3.63, 3.8) is 0 Å². The quantitative estimate of drug-likeness (QED) is 0.585. The van der Waals surface area contributed by atoms with Crippen LogP contribution < -0.4 is 0 Å². The highest BCUT2D eigenvalue weighted by Gasteiger charge is 2.77. The van der Waals surface area contributed by atoms with Gasteiger partial charge >= 0.3 is 5.97 Å². The van der Waals surface area contributed by atoms with E-state index >= 15 is 0 Å². The number of carbonyl (C=O) groups is 1. The molecule has 0 radical (unpaired) electrons. The van der Waals surface area contributed by atoms with Crippen molar-refractivity contribution >= 4 is 17.6 Å². The van der Waals surface area contributed by atoms with Crippen molar-refractivity contribution < 1.29 is 14.6 Å². The van der Waals surface area contributed by atoms with Gasteiger partial charge < -0.3 is 9.84 Å². The molecule has 82 valence electrons. The van der Waals surface area contributed by atoms with E-state index in [4.69, 9.17) is 21.4 Å². The third-order valence-corrected chi connectivity index (χ3v) is 3.78. The first-order valence-corrected chi connectivity index (χ1v) is 5.33. The van der Waals surface area contributed by atoms with E-state index in [9.17, 15) is 4.79 Å². The van der Waals surface area contributed by atoms with Gasteiger partial charge in [0.2, 0.25) is 0 Å². The minimum absolute atomic E-state index is 0.103. The van der Waals surface area contributed by atoms with Gasteiger partial charge in [-0.1, -0.05) is 45.7 Å². The Kier molecular flexibility index (Phi) is 2.85. The summed E-state index contributed by atoms with van der Waals surface area (Å²) in [4.78, 5) is 11.0. The van der Waals surface area contributed by atoms with E-state index in [0.717, 1.165) is 6.42 Å². The molecule has 14 heavy (non-hydrogen) atoms. The second-order valence-corrected chi connectivity index (χ2v) is 4.79. The molecule has 0 aromatic carbocycles. The lowest BCUT2D eigenvalue weighted by Gasteiger charge is -2.24. The Hall–Kier alpha value is -0.280. The summed E-state index contributed by atoms with van der Waals surface area (Å²) in [6, 6.07) is 0. The van der Waals surface area contributed by atoms with Gasteiger partial charge in [-0.15, -0.1) is 0 Å². The molecule has 0 saturated carbocycles. The first-order valence-electron chi connectivity index (χ1n) is 4.95. The largest absolute Gasteiger partial charge is 0.478 e. The number of carboxylic acids is 1. The molecule has 0 amide bonds. The SMILES string of the molecule is CCC(C)C1(C(C)C)OC1(Cl)C(=O)O. The molecule has 0 aromatic rings. The fourth-order valence-corrected chi connectivity index (χ4v) is 2.73. The first kappa shape index (κ1) is 11.8. The second-order valence-electron chi connectivity index (χ2n) is 4.26. The summed E-state index contributed by atoms with van der Waals surface area (Å²) in [5, 5.41) is 7.48. The Balaban J connectivity index is 2.97. The number of aliphatic carboxylic acids is 1. The normalized spacial score (nSPS) is 38.4. The van der Waals surface area contributed by atoms with Gasteiger partial charge in [0.15, 0.2) is 0 Å². The average Bonchev–Trinajstić information content (AvgIpc) is 2.74. The van der Waals surface area contributed by atoms with Crippen molar-refractivity contribution in [2.45, 2.75) is 44.8 Å². The zero-order valence-electron chi connectivity index (χ0n) is 9.00. The zero-order chi connectivity index (χ0) is 11.1. The molecule has 1 heterocycles. The lowest BCUT2D eigenvalue weighted by atomic mass is 9.79. The van der Waals surface area contributed by atoms with Crippen LogP contribution in [0.2, 0.25) is 0 Å². The first-order chi connectivity index (χ1) is 6.33. The summed E-state index contributed by atoms with van der Waals surface area (Å²) in [5.41, 5.74) is -0.699. The van der Waals surface area contributed by atoms with Crippen molar-refractivity contribution in [2.75, 3.05) is 0 Å². The summed E-state index contributed by atoms with van der Waals surface area (Å²) in [6.07, 6.45) is 0.861. The number of hydrogen-bond acceptors (Lipinski definition) is 2. The maximum Gasteiger partial charge on any atom is 0.355 e. The van der Waals surface area contributed by atoms with Crippen molar-refractivity contribution in [3.8, 4) is 0 Å². The fourth-order valence-electron chi connectivity index (χ4n) is 2.20. The highest BCUT2D eigenvalue weighted by atomic mass is 35.5. The number of epoxide rings is 1.